The largest absolute Gasteiger partial charge is 0.462 e. The highest BCUT2D eigenvalue weighted by Crippen LogP contribution is 2.24. The maximum atomic E-state index is 12.3. The van der Waals surface area contributed by atoms with Crippen LogP contribution in [0.2, 0.25) is 0 Å². The SMILES string of the molecule is CCOC(=O)c1ccccc1NC(=O)CSc1nnc(-c2ccc(C)cc2)o1. The maximum Gasteiger partial charge on any atom is 0.340 e. The van der Waals surface area contributed by atoms with Crippen LogP contribution in [-0.4, -0.2) is 34.4 Å². The molecule has 1 N–H and O–H groups in total. The van der Waals surface area contributed by atoms with Crippen molar-refractivity contribution in [2.75, 3.05) is 17.7 Å². The topological polar surface area (TPSA) is 94.3 Å². The van der Waals surface area contributed by atoms with E-state index in [9.17, 15) is 9.59 Å². The first-order chi connectivity index (χ1) is 13.6. The van der Waals surface area contributed by atoms with E-state index in [0.29, 0.717) is 22.4 Å². The van der Waals surface area contributed by atoms with Crippen LogP contribution in [0.4, 0.5) is 5.69 Å². The van der Waals surface area contributed by atoms with Crippen LogP contribution >= 0.6 is 11.8 Å². The molecule has 0 aliphatic rings. The van der Waals surface area contributed by atoms with Crippen LogP contribution in [0.25, 0.3) is 11.5 Å². The number of aromatic nitrogens is 2. The minimum atomic E-state index is -0.481. The van der Waals surface area contributed by atoms with Crippen molar-refractivity contribution in [3.05, 3.63) is 59.7 Å². The van der Waals surface area contributed by atoms with Gasteiger partial charge < -0.3 is 14.5 Å². The fourth-order valence-electron chi connectivity index (χ4n) is 2.37. The Morgan fingerprint density at radius 3 is 2.61 bits per heavy atom. The van der Waals surface area contributed by atoms with Crippen molar-refractivity contribution < 1.29 is 18.7 Å². The number of esters is 1. The molecule has 28 heavy (non-hydrogen) atoms. The number of ether oxygens (including phenoxy) is 1. The Morgan fingerprint density at radius 2 is 1.86 bits per heavy atom. The molecule has 0 saturated heterocycles. The average Bonchev–Trinajstić information content (AvgIpc) is 3.16. The van der Waals surface area contributed by atoms with E-state index in [1.165, 1.54) is 0 Å². The lowest BCUT2D eigenvalue weighted by Crippen LogP contribution is -2.17. The second kappa shape index (κ2) is 9.18. The van der Waals surface area contributed by atoms with Gasteiger partial charge in [-0.15, -0.1) is 10.2 Å². The first-order valence-electron chi connectivity index (χ1n) is 8.66. The molecule has 2 aromatic carbocycles. The second-order valence-electron chi connectivity index (χ2n) is 5.84. The van der Waals surface area contributed by atoms with Crippen LogP contribution in [0.15, 0.2) is 58.2 Å². The number of amides is 1. The van der Waals surface area contributed by atoms with Crippen LogP contribution < -0.4 is 5.32 Å². The Morgan fingerprint density at radius 1 is 1.11 bits per heavy atom. The van der Waals surface area contributed by atoms with Gasteiger partial charge in [-0.05, 0) is 38.1 Å². The van der Waals surface area contributed by atoms with Gasteiger partial charge in [0.25, 0.3) is 5.22 Å². The molecule has 0 radical (unpaired) electrons. The Labute approximate surface area is 166 Å². The number of rotatable bonds is 7. The zero-order valence-electron chi connectivity index (χ0n) is 15.5. The molecule has 0 saturated carbocycles. The van der Waals surface area contributed by atoms with Crippen LogP contribution in [0, 0.1) is 6.92 Å². The van der Waals surface area contributed by atoms with Gasteiger partial charge >= 0.3 is 5.97 Å². The number of anilines is 1. The minimum Gasteiger partial charge on any atom is -0.462 e. The Balaban J connectivity index is 1.60. The lowest BCUT2D eigenvalue weighted by Gasteiger charge is -2.09. The van der Waals surface area contributed by atoms with Gasteiger partial charge in [-0.1, -0.05) is 41.6 Å². The van der Waals surface area contributed by atoms with E-state index in [2.05, 4.69) is 15.5 Å². The molecule has 144 valence electrons. The second-order valence-corrected chi connectivity index (χ2v) is 6.77. The average molecular weight is 397 g/mol. The number of thioether (sulfide) groups is 1. The molecule has 0 fully saturated rings. The van der Waals surface area contributed by atoms with Gasteiger partial charge in [-0.25, -0.2) is 4.79 Å². The summed E-state index contributed by atoms with van der Waals surface area (Å²) in [6.45, 7) is 3.99. The molecule has 3 rings (SSSR count). The third kappa shape index (κ3) is 4.98. The molecular weight excluding hydrogens is 378 g/mol. The Kier molecular flexibility index (Phi) is 6.44. The number of nitrogens with zero attached hydrogens (tertiary/aromatic N) is 2. The van der Waals surface area contributed by atoms with Gasteiger partial charge in [0, 0.05) is 5.56 Å². The third-order valence-electron chi connectivity index (χ3n) is 3.73. The van der Waals surface area contributed by atoms with E-state index in [4.69, 9.17) is 9.15 Å². The number of carbonyl (C=O) groups is 2. The summed E-state index contributed by atoms with van der Waals surface area (Å²) in [5.41, 5.74) is 2.66. The number of para-hydroxylation sites is 1. The molecule has 1 aromatic heterocycles. The predicted molar refractivity (Wildman–Crippen MR) is 106 cm³/mol. The molecule has 0 bridgehead atoms. The van der Waals surface area contributed by atoms with Crippen molar-refractivity contribution >= 4 is 29.3 Å². The van der Waals surface area contributed by atoms with Crippen molar-refractivity contribution in [1.29, 1.82) is 0 Å². The van der Waals surface area contributed by atoms with Gasteiger partial charge in [-0.3, -0.25) is 4.79 Å². The maximum absolute atomic E-state index is 12.3. The first-order valence-corrected chi connectivity index (χ1v) is 9.64. The molecule has 7 nitrogen and oxygen atoms in total. The van der Waals surface area contributed by atoms with Gasteiger partial charge in [-0.2, -0.15) is 0 Å². The van der Waals surface area contributed by atoms with Crippen molar-refractivity contribution in [3.8, 4) is 11.5 Å². The lowest BCUT2D eigenvalue weighted by molar-refractivity contribution is -0.113. The normalized spacial score (nSPS) is 10.5. The predicted octanol–water partition coefficient (Wildman–Crippen LogP) is 3.95. The molecule has 0 spiro atoms. The highest BCUT2D eigenvalue weighted by atomic mass is 32.2. The summed E-state index contributed by atoms with van der Waals surface area (Å²) in [7, 11) is 0. The highest BCUT2D eigenvalue weighted by Gasteiger charge is 2.15. The number of nitrogens with one attached hydrogen (secondary N) is 1. The van der Waals surface area contributed by atoms with Gasteiger partial charge in [0.05, 0.1) is 23.6 Å². The summed E-state index contributed by atoms with van der Waals surface area (Å²) in [6.07, 6.45) is 0. The number of benzene rings is 2. The van der Waals surface area contributed by atoms with Crippen molar-refractivity contribution in [2.45, 2.75) is 19.1 Å². The number of carbonyl (C=O) groups excluding carboxylic acids is 2. The summed E-state index contributed by atoms with van der Waals surface area (Å²) >= 11 is 1.12. The van der Waals surface area contributed by atoms with E-state index >= 15 is 0 Å². The molecule has 0 aliphatic heterocycles. The minimum absolute atomic E-state index is 0.0622. The van der Waals surface area contributed by atoms with E-state index in [-0.39, 0.29) is 18.3 Å². The van der Waals surface area contributed by atoms with Crippen LogP contribution in [0.3, 0.4) is 0 Å². The first kappa shape index (κ1) is 19.6. The summed E-state index contributed by atoms with van der Waals surface area (Å²) in [6, 6.07) is 14.4. The standard InChI is InChI=1S/C20H19N3O4S/c1-3-26-19(25)15-6-4-5-7-16(15)21-17(24)12-28-20-23-22-18(27-20)14-10-8-13(2)9-11-14/h4-11H,3,12H2,1-2H3,(H,21,24). The van der Waals surface area contributed by atoms with E-state index < -0.39 is 5.97 Å². The fraction of sp³-hybridized carbons (Fsp3) is 0.200. The zero-order chi connectivity index (χ0) is 19.9. The number of hydrogen-bond acceptors (Lipinski definition) is 7. The summed E-state index contributed by atoms with van der Waals surface area (Å²) in [5, 5.41) is 11.0. The fourth-order valence-corrected chi connectivity index (χ4v) is 2.94. The smallest absolute Gasteiger partial charge is 0.340 e. The van der Waals surface area contributed by atoms with Crippen LogP contribution in [0.1, 0.15) is 22.8 Å². The zero-order valence-corrected chi connectivity index (χ0v) is 16.3. The number of hydrogen-bond donors (Lipinski definition) is 1. The highest BCUT2D eigenvalue weighted by molar-refractivity contribution is 7.99. The van der Waals surface area contributed by atoms with Crippen molar-refractivity contribution in [1.82, 2.24) is 10.2 Å². The third-order valence-corrected chi connectivity index (χ3v) is 4.55. The van der Waals surface area contributed by atoms with Gasteiger partial charge in [0.15, 0.2) is 0 Å². The van der Waals surface area contributed by atoms with Crippen molar-refractivity contribution in [2.24, 2.45) is 0 Å². The van der Waals surface area contributed by atoms with E-state index in [0.717, 1.165) is 22.9 Å². The molecule has 1 heterocycles. The summed E-state index contributed by atoms with van der Waals surface area (Å²) in [5.74, 6) is -0.315. The van der Waals surface area contributed by atoms with Crippen molar-refractivity contribution in [3.63, 3.8) is 0 Å². The molecule has 0 aliphatic carbocycles. The Hall–Kier alpha value is -3.13. The monoisotopic (exact) mass is 397 g/mol. The molecule has 1 amide bonds. The van der Waals surface area contributed by atoms with Gasteiger partial charge in [0.2, 0.25) is 11.8 Å². The molecular formula is C20H19N3O4S. The quantitative estimate of drug-likeness (QED) is 0.476. The lowest BCUT2D eigenvalue weighted by atomic mass is 10.1. The van der Waals surface area contributed by atoms with E-state index in [1.54, 1.807) is 31.2 Å². The molecule has 8 heteroatoms. The molecule has 0 atom stereocenters. The Bertz CT molecular complexity index is 970. The van der Waals surface area contributed by atoms with Gasteiger partial charge in [0.1, 0.15) is 0 Å². The summed E-state index contributed by atoms with van der Waals surface area (Å²) < 4.78 is 10.6. The molecule has 3 aromatic rings. The number of aryl methyl sites for hydroxylation is 1. The van der Waals surface area contributed by atoms with E-state index in [1.807, 2.05) is 31.2 Å². The van der Waals surface area contributed by atoms with Crippen LogP contribution in [0.5, 0.6) is 0 Å². The summed E-state index contributed by atoms with van der Waals surface area (Å²) in [4.78, 5) is 24.2. The van der Waals surface area contributed by atoms with Crippen LogP contribution in [-0.2, 0) is 9.53 Å². The molecule has 0 unspecified atom stereocenters.